The molecule has 3 fully saturated rings. The van der Waals surface area contributed by atoms with Gasteiger partial charge in [0.25, 0.3) is 0 Å². The third-order valence-corrected chi connectivity index (χ3v) is 5.27. The lowest BCUT2D eigenvalue weighted by Gasteiger charge is -2.41. The third-order valence-electron chi connectivity index (χ3n) is 5.27. The van der Waals surface area contributed by atoms with Gasteiger partial charge in [0.15, 0.2) is 0 Å². The summed E-state index contributed by atoms with van der Waals surface area (Å²) >= 11 is 0. The van der Waals surface area contributed by atoms with Gasteiger partial charge in [-0.25, -0.2) is 4.79 Å². The summed E-state index contributed by atoms with van der Waals surface area (Å²) in [6.45, 7) is 6.73. The van der Waals surface area contributed by atoms with Crippen molar-refractivity contribution in [3.8, 4) is 0 Å². The SMILES string of the molecule is CC(C)(C)OC(=O)N1CCCCC1C1CCCC1NC1CC1. The van der Waals surface area contributed by atoms with Crippen LogP contribution in [-0.4, -0.2) is 41.3 Å². The van der Waals surface area contributed by atoms with Crippen LogP contribution in [0, 0.1) is 5.92 Å². The fraction of sp³-hybridized carbons (Fsp3) is 0.944. The number of nitrogens with one attached hydrogen (secondary N) is 1. The molecule has 1 N–H and O–H groups in total. The Labute approximate surface area is 135 Å². The molecule has 2 aliphatic carbocycles. The summed E-state index contributed by atoms with van der Waals surface area (Å²) in [5.74, 6) is 0.619. The van der Waals surface area contributed by atoms with E-state index in [0.29, 0.717) is 18.0 Å². The van der Waals surface area contributed by atoms with Crippen LogP contribution in [0.5, 0.6) is 0 Å². The summed E-state index contributed by atoms with van der Waals surface area (Å²) in [4.78, 5) is 14.7. The second-order valence-corrected chi connectivity index (χ2v) is 8.38. The molecule has 0 spiro atoms. The highest BCUT2D eigenvalue weighted by molar-refractivity contribution is 5.68. The van der Waals surface area contributed by atoms with Crippen LogP contribution in [0.1, 0.15) is 72.1 Å². The largest absolute Gasteiger partial charge is 0.444 e. The number of likely N-dealkylation sites (tertiary alicyclic amines) is 1. The van der Waals surface area contributed by atoms with Gasteiger partial charge in [0, 0.05) is 24.7 Å². The van der Waals surface area contributed by atoms with Gasteiger partial charge in [-0.3, -0.25) is 0 Å². The first kappa shape index (κ1) is 16.1. The number of ether oxygens (including phenoxy) is 1. The third kappa shape index (κ3) is 3.95. The number of hydrogen-bond donors (Lipinski definition) is 1. The Balaban J connectivity index is 1.67. The van der Waals surface area contributed by atoms with Crippen molar-refractivity contribution in [2.45, 2.75) is 95.9 Å². The molecule has 1 amide bonds. The molecule has 3 atom stereocenters. The van der Waals surface area contributed by atoms with Gasteiger partial charge < -0.3 is 15.0 Å². The first-order valence-electron chi connectivity index (χ1n) is 9.20. The predicted molar refractivity (Wildman–Crippen MR) is 87.9 cm³/mol. The Kier molecular flexibility index (Phi) is 4.67. The smallest absolute Gasteiger partial charge is 0.410 e. The molecule has 3 aliphatic rings. The molecule has 0 aromatic heterocycles. The quantitative estimate of drug-likeness (QED) is 0.864. The molecule has 0 radical (unpaired) electrons. The van der Waals surface area contributed by atoms with E-state index in [1.54, 1.807) is 0 Å². The van der Waals surface area contributed by atoms with E-state index in [4.69, 9.17) is 4.74 Å². The van der Waals surface area contributed by atoms with Crippen molar-refractivity contribution in [2.75, 3.05) is 6.54 Å². The Morgan fingerprint density at radius 3 is 2.50 bits per heavy atom. The highest BCUT2D eigenvalue weighted by Gasteiger charge is 2.42. The molecular formula is C18H32N2O2. The molecule has 1 aliphatic heterocycles. The highest BCUT2D eigenvalue weighted by Crippen LogP contribution is 2.37. The molecule has 3 unspecified atom stereocenters. The molecule has 126 valence electrons. The van der Waals surface area contributed by atoms with Gasteiger partial charge in [-0.1, -0.05) is 6.42 Å². The summed E-state index contributed by atoms with van der Waals surface area (Å²) in [5, 5.41) is 3.83. The maximum atomic E-state index is 12.6. The van der Waals surface area contributed by atoms with Crippen LogP contribution in [0.25, 0.3) is 0 Å². The van der Waals surface area contributed by atoms with E-state index >= 15 is 0 Å². The molecule has 1 heterocycles. The average molecular weight is 308 g/mol. The summed E-state index contributed by atoms with van der Waals surface area (Å²) in [7, 11) is 0. The Hall–Kier alpha value is -0.770. The van der Waals surface area contributed by atoms with Crippen LogP contribution in [0.2, 0.25) is 0 Å². The van der Waals surface area contributed by atoms with E-state index < -0.39 is 5.60 Å². The first-order chi connectivity index (χ1) is 10.4. The molecule has 4 nitrogen and oxygen atoms in total. The zero-order valence-corrected chi connectivity index (χ0v) is 14.4. The zero-order valence-electron chi connectivity index (χ0n) is 14.4. The van der Waals surface area contributed by atoms with E-state index in [1.165, 1.54) is 38.5 Å². The van der Waals surface area contributed by atoms with Crippen molar-refractivity contribution in [1.82, 2.24) is 10.2 Å². The molecule has 22 heavy (non-hydrogen) atoms. The lowest BCUT2D eigenvalue weighted by atomic mass is 9.87. The second-order valence-electron chi connectivity index (χ2n) is 8.38. The summed E-state index contributed by atoms with van der Waals surface area (Å²) in [5.41, 5.74) is -0.402. The second kappa shape index (κ2) is 6.38. The zero-order chi connectivity index (χ0) is 15.7. The lowest BCUT2D eigenvalue weighted by molar-refractivity contribution is -0.000122. The summed E-state index contributed by atoms with van der Waals surface area (Å²) in [6, 6.07) is 1.74. The van der Waals surface area contributed by atoms with Crippen molar-refractivity contribution < 1.29 is 9.53 Å². The van der Waals surface area contributed by atoms with Crippen molar-refractivity contribution in [3.63, 3.8) is 0 Å². The molecule has 0 aromatic carbocycles. The maximum Gasteiger partial charge on any atom is 0.410 e. The molecular weight excluding hydrogens is 276 g/mol. The molecule has 1 saturated heterocycles. The van der Waals surface area contributed by atoms with Gasteiger partial charge >= 0.3 is 6.09 Å². The Bertz CT molecular complexity index is 400. The number of carbonyl (C=O) groups is 1. The molecule has 4 heteroatoms. The van der Waals surface area contributed by atoms with Gasteiger partial charge in [0.1, 0.15) is 5.60 Å². The molecule has 2 saturated carbocycles. The van der Waals surface area contributed by atoms with Gasteiger partial charge in [0.05, 0.1) is 0 Å². The minimum atomic E-state index is -0.402. The van der Waals surface area contributed by atoms with Crippen LogP contribution in [0.3, 0.4) is 0 Å². The minimum absolute atomic E-state index is 0.103. The number of rotatable bonds is 3. The Morgan fingerprint density at radius 1 is 1.05 bits per heavy atom. The summed E-state index contributed by atoms with van der Waals surface area (Å²) < 4.78 is 5.66. The number of nitrogens with zero attached hydrogens (tertiary/aromatic N) is 1. The van der Waals surface area contributed by atoms with E-state index in [-0.39, 0.29) is 6.09 Å². The van der Waals surface area contributed by atoms with Crippen LogP contribution in [0.15, 0.2) is 0 Å². The van der Waals surface area contributed by atoms with Crippen LogP contribution in [0.4, 0.5) is 4.79 Å². The van der Waals surface area contributed by atoms with Crippen molar-refractivity contribution in [3.05, 3.63) is 0 Å². The number of carbonyl (C=O) groups excluding carboxylic acids is 1. The van der Waals surface area contributed by atoms with E-state index in [0.717, 1.165) is 25.4 Å². The van der Waals surface area contributed by atoms with Gasteiger partial charge in [-0.15, -0.1) is 0 Å². The average Bonchev–Trinajstić information content (AvgIpc) is 3.13. The van der Waals surface area contributed by atoms with Gasteiger partial charge in [-0.05, 0) is 71.6 Å². The van der Waals surface area contributed by atoms with Crippen molar-refractivity contribution >= 4 is 6.09 Å². The number of piperidine rings is 1. The standard InChI is InChI=1S/C18H32N2O2/c1-18(2,3)22-17(21)20-12-5-4-9-16(20)14-7-6-8-15(14)19-13-10-11-13/h13-16,19H,4-12H2,1-3H3. The van der Waals surface area contributed by atoms with E-state index in [9.17, 15) is 4.79 Å². The highest BCUT2D eigenvalue weighted by atomic mass is 16.6. The van der Waals surface area contributed by atoms with Crippen LogP contribution >= 0.6 is 0 Å². The normalized spacial score (nSPS) is 33.0. The van der Waals surface area contributed by atoms with Gasteiger partial charge in [0.2, 0.25) is 0 Å². The first-order valence-corrected chi connectivity index (χ1v) is 9.20. The monoisotopic (exact) mass is 308 g/mol. The summed E-state index contributed by atoms with van der Waals surface area (Å²) in [6.07, 6.45) is 9.91. The van der Waals surface area contributed by atoms with Crippen LogP contribution in [-0.2, 0) is 4.74 Å². The Morgan fingerprint density at radius 2 is 1.82 bits per heavy atom. The number of amides is 1. The maximum absolute atomic E-state index is 12.6. The van der Waals surface area contributed by atoms with E-state index in [2.05, 4.69) is 5.32 Å². The molecule has 3 rings (SSSR count). The predicted octanol–water partition coefficient (Wildman–Crippen LogP) is 3.70. The molecule has 0 aromatic rings. The topological polar surface area (TPSA) is 41.6 Å². The number of hydrogen-bond acceptors (Lipinski definition) is 3. The van der Waals surface area contributed by atoms with Gasteiger partial charge in [-0.2, -0.15) is 0 Å². The van der Waals surface area contributed by atoms with Crippen molar-refractivity contribution in [1.29, 1.82) is 0 Å². The lowest BCUT2D eigenvalue weighted by Crippen LogP contribution is -2.52. The fourth-order valence-corrected chi connectivity index (χ4v) is 4.16. The fourth-order valence-electron chi connectivity index (χ4n) is 4.16. The van der Waals surface area contributed by atoms with Crippen LogP contribution < -0.4 is 5.32 Å². The molecule has 0 bridgehead atoms. The van der Waals surface area contributed by atoms with Crippen molar-refractivity contribution in [2.24, 2.45) is 5.92 Å². The minimum Gasteiger partial charge on any atom is -0.444 e. The van der Waals surface area contributed by atoms with E-state index in [1.807, 2.05) is 25.7 Å².